The number of hydrogen-bond acceptors (Lipinski definition) is 5. The van der Waals surface area contributed by atoms with Crippen LogP contribution in [0, 0.1) is 11.8 Å². The van der Waals surface area contributed by atoms with Gasteiger partial charge < -0.3 is 14.8 Å². The van der Waals surface area contributed by atoms with Gasteiger partial charge in [0.25, 0.3) is 0 Å². The van der Waals surface area contributed by atoms with Crippen LogP contribution in [-0.2, 0) is 19.1 Å². The number of nitrogens with one attached hydrogen (secondary N) is 1. The molecule has 1 N–H and O–H groups in total. The second-order valence-electron chi connectivity index (χ2n) is 4.66. The SMILES string of the molecule is CCOC(=O)C(CC)OC(=O)C1CCNCC1C. The van der Waals surface area contributed by atoms with Crippen LogP contribution in [0.1, 0.15) is 33.6 Å². The summed E-state index contributed by atoms with van der Waals surface area (Å²) in [4.78, 5) is 23.6. The summed E-state index contributed by atoms with van der Waals surface area (Å²) >= 11 is 0. The van der Waals surface area contributed by atoms with Gasteiger partial charge in [-0.05, 0) is 38.8 Å². The van der Waals surface area contributed by atoms with E-state index in [1.165, 1.54) is 0 Å². The third-order valence-corrected chi connectivity index (χ3v) is 3.27. The van der Waals surface area contributed by atoms with Crippen molar-refractivity contribution in [3.63, 3.8) is 0 Å². The molecule has 0 amide bonds. The molecule has 5 heteroatoms. The highest BCUT2D eigenvalue weighted by atomic mass is 16.6. The Labute approximate surface area is 108 Å². The van der Waals surface area contributed by atoms with Crippen LogP contribution in [0.2, 0.25) is 0 Å². The summed E-state index contributed by atoms with van der Waals surface area (Å²) in [7, 11) is 0. The number of rotatable bonds is 5. The predicted octanol–water partition coefficient (Wildman–Crippen LogP) is 1.12. The Morgan fingerprint density at radius 1 is 1.39 bits per heavy atom. The smallest absolute Gasteiger partial charge is 0.347 e. The van der Waals surface area contributed by atoms with E-state index >= 15 is 0 Å². The molecule has 3 atom stereocenters. The Hall–Kier alpha value is -1.10. The first-order valence-corrected chi connectivity index (χ1v) is 6.67. The fraction of sp³-hybridized carbons (Fsp3) is 0.846. The number of carbonyl (C=O) groups is 2. The Morgan fingerprint density at radius 3 is 2.67 bits per heavy atom. The van der Waals surface area contributed by atoms with Crippen LogP contribution >= 0.6 is 0 Å². The summed E-state index contributed by atoms with van der Waals surface area (Å²) in [5.74, 6) is -0.598. The normalized spacial score (nSPS) is 25.3. The van der Waals surface area contributed by atoms with E-state index in [4.69, 9.17) is 9.47 Å². The molecular weight excluding hydrogens is 234 g/mol. The zero-order chi connectivity index (χ0) is 13.5. The van der Waals surface area contributed by atoms with Crippen molar-refractivity contribution in [3.8, 4) is 0 Å². The molecular formula is C13H23NO4. The molecule has 1 aliphatic rings. The van der Waals surface area contributed by atoms with E-state index in [9.17, 15) is 9.59 Å². The van der Waals surface area contributed by atoms with E-state index in [1.807, 2.05) is 6.92 Å². The van der Waals surface area contributed by atoms with Crippen molar-refractivity contribution in [2.45, 2.75) is 39.7 Å². The van der Waals surface area contributed by atoms with Crippen LogP contribution in [0.3, 0.4) is 0 Å². The lowest BCUT2D eigenvalue weighted by molar-refractivity contribution is -0.172. The Kier molecular flexibility index (Phi) is 6.12. The van der Waals surface area contributed by atoms with Crippen molar-refractivity contribution in [1.82, 2.24) is 5.32 Å². The molecule has 0 aromatic carbocycles. The molecule has 0 aromatic heterocycles. The molecule has 1 aliphatic heterocycles. The minimum absolute atomic E-state index is 0.116. The largest absolute Gasteiger partial charge is 0.463 e. The molecule has 1 saturated heterocycles. The number of hydrogen-bond donors (Lipinski definition) is 1. The zero-order valence-electron chi connectivity index (χ0n) is 11.4. The molecule has 0 bridgehead atoms. The molecule has 1 rings (SSSR count). The summed E-state index contributed by atoms with van der Waals surface area (Å²) in [5.41, 5.74) is 0. The maximum absolute atomic E-state index is 12.0. The summed E-state index contributed by atoms with van der Waals surface area (Å²) in [6, 6.07) is 0. The number of esters is 2. The van der Waals surface area contributed by atoms with Crippen molar-refractivity contribution >= 4 is 11.9 Å². The minimum atomic E-state index is -0.764. The molecule has 1 fully saturated rings. The quantitative estimate of drug-likeness (QED) is 0.748. The highest BCUT2D eigenvalue weighted by Gasteiger charge is 2.32. The van der Waals surface area contributed by atoms with Crippen molar-refractivity contribution in [3.05, 3.63) is 0 Å². The minimum Gasteiger partial charge on any atom is -0.463 e. The summed E-state index contributed by atoms with van der Waals surface area (Å²) in [6.07, 6.45) is 0.447. The van der Waals surface area contributed by atoms with E-state index in [-0.39, 0.29) is 17.8 Å². The van der Waals surface area contributed by atoms with Crippen molar-refractivity contribution < 1.29 is 19.1 Å². The van der Waals surface area contributed by atoms with E-state index in [0.29, 0.717) is 13.0 Å². The van der Waals surface area contributed by atoms with Gasteiger partial charge >= 0.3 is 11.9 Å². The lowest BCUT2D eigenvalue weighted by Gasteiger charge is -2.28. The van der Waals surface area contributed by atoms with Crippen LogP contribution in [-0.4, -0.2) is 37.7 Å². The standard InChI is InChI=1S/C13H23NO4/c1-4-11(13(16)17-5-2)18-12(15)10-6-7-14-8-9(10)3/h9-11,14H,4-8H2,1-3H3. The Morgan fingerprint density at radius 2 is 2.11 bits per heavy atom. The van der Waals surface area contributed by atoms with Gasteiger partial charge in [0.2, 0.25) is 0 Å². The highest BCUT2D eigenvalue weighted by molar-refractivity contribution is 5.80. The molecule has 0 radical (unpaired) electrons. The molecule has 104 valence electrons. The summed E-state index contributed by atoms with van der Waals surface area (Å²) in [6.45, 7) is 7.50. The first-order valence-electron chi connectivity index (χ1n) is 6.67. The summed E-state index contributed by atoms with van der Waals surface area (Å²) < 4.78 is 10.2. The van der Waals surface area contributed by atoms with Crippen LogP contribution in [0.4, 0.5) is 0 Å². The van der Waals surface area contributed by atoms with E-state index in [2.05, 4.69) is 5.32 Å². The molecule has 5 nitrogen and oxygen atoms in total. The maximum Gasteiger partial charge on any atom is 0.347 e. The molecule has 1 heterocycles. The molecule has 0 aromatic rings. The van der Waals surface area contributed by atoms with Crippen molar-refractivity contribution in [1.29, 1.82) is 0 Å². The molecule has 18 heavy (non-hydrogen) atoms. The predicted molar refractivity (Wildman–Crippen MR) is 66.9 cm³/mol. The Bertz CT molecular complexity index is 293. The number of piperidine rings is 1. The average molecular weight is 257 g/mol. The second-order valence-corrected chi connectivity index (χ2v) is 4.66. The lowest BCUT2D eigenvalue weighted by Crippen LogP contribution is -2.41. The first-order chi connectivity index (χ1) is 8.60. The van der Waals surface area contributed by atoms with Gasteiger partial charge in [0.1, 0.15) is 0 Å². The fourth-order valence-electron chi connectivity index (χ4n) is 2.13. The Balaban J connectivity index is 2.53. The van der Waals surface area contributed by atoms with Crippen LogP contribution in [0.25, 0.3) is 0 Å². The van der Waals surface area contributed by atoms with Crippen molar-refractivity contribution in [2.24, 2.45) is 11.8 Å². The lowest BCUT2D eigenvalue weighted by atomic mass is 9.88. The van der Waals surface area contributed by atoms with Gasteiger partial charge in [-0.15, -0.1) is 0 Å². The second kappa shape index (κ2) is 7.36. The molecule has 0 aliphatic carbocycles. The fourth-order valence-corrected chi connectivity index (χ4v) is 2.13. The molecule has 0 spiro atoms. The molecule has 0 saturated carbocycles. The maximum atomic E-state index is 12.0. The van der Waals surface area contributed by atoms with Crippen LogP contribution in [0.15, 0.2) is 0 Å². The first kappa shape index (κ1) is 15.0. The van der Waals surface area contributed by atoms with E-state index in [0.717, 1.165) is 19.5 Å². The topological polar surface area (TPSA) is 64.6 Å². The van der Waals surface area contributed by atoms with E-state index < -0.39 is 12.1 Å². The summed E-state index contributed by atoms with van der Waals surface area (Å²) in [5, 5.41) is 3.23. The average Bonchev–Trinajstić information content (AvgIpc) is 2.36. The monoisotopic (exact) mass is 257 g/mol. The van der Waals surface area contributed by atoms with Gasteiger partial charge in [0.15, 0.2) is 6.10 Å². The zero-order valence-corrected chi connectivity index (χ0v) is 11.4. The van der Waals surface area contributed by atoms with Crippen LogP contribution in [0.5, 0.6) is 0 Å². The number of carbonyl (C=O) groups excluding carboxylic acids is 2. The third-order valence-electron chi connectivity index (χ3n) is 3.27. The highest BCUT2D eigenvalue weighted by Crippen LogP contribution is 2.21. The van der Waals surface area contributed by atoms with Crippen molar-refractivity contribution in [2.75, 3.05) is 19.7 Å². The van der Waals surface area contributed by atoms with Gasteiger partial charge in [-0.1, -0.05) is 13.8 Å². The van der Waals surface area contributed by atoms with Crippen LogP contribution < -0.4 is 5.32 Å². The van der Waals surface area contributed by atoms with Gasteiger partial charge in [-0.2, -0.15) is 0 Å². The number of ether oxygens (including phenoxy) is 2. The van der Waals surface area contributed by atoms with Gasteiger partial charge in [0, 0.05) is 0 Å². The van der Waals surface area contributed by atoms with Gasteiger partial charge in [-0.3, -0.25) is 4.79 Å². The third kappa shape index (κ3) is 3.98. The van der Waals surface area contributed by atoms with Gasteiger partial charge in [-0.25, -0.2) is 4.79 Å². The molecule has 3 unspecified atom stereocenters. The van der Waals surface area contributed by atoms with E-state index in [1.54, 1.807) is 13.8 Å². The van der Waals surface area contributed by atoms with Gasteiger partial charge in [0.05, 0.1) is 12.5 Å².